The number of hydrogen-bond donors (Lipinski definition) is 0. The van der Waals surface area contributed by atoms with E-state index in [9.17, 15) is 18.0 Å². The summed E-state index contributed by atoms with van der Waals surface area (Å²) in [6.45, 7) is 4.77. The minimum atomic E-state index is -3.74. The van der Waals surface area contributed by atoms with Crippen LogP contribution in [-0.2, 0) is 26.2 Å². The molecule has 0 aliphatic carbocycles. The van der Waals surface area contributed by atoms with E-state index < -0.39 is 15.9 Å². The lowest BCUT2D eigenvalue weighted by Gasteiger charge is -2.35. The molecular weight excluding hydrogens is 456 g/mol. The molecule has 2 amide bonds. The van der Waals surface area contributed by atoms with Crippen molar-refractivity contribution in [1.29, 1.82) is 0 Å². The molecular formula is C21H25ClN4O5S. The van der Waals surface area contributed by atoms with Gasteiger partial charge in [-0.25, -0.2) is 8.42 Å². The van der Waals surface area contributed by atoms with Crippen LogP contribution < -0.4 is 0 Å². The summed E-state index contributed by atoms with van der Waals surface area (Å²) in [6, 6.07) is 7.33. The van der Waals surface area contributed by atoms with Crippen LogP contribution in [0, 0.1) is 19.8 Å². The molecule has 0 N–H and O–H groups in total. The summed E-state index contributed by atoms with van der Waals surface area (Å²) in [5.41, 5.74) is 1.16. The largest absolute Gasteiger partial charge is 0.360 e. The molecule has 1 aromatic heterocycles. The Kier molecular flexibility index (Phi) is 6.28. The van der Waals surface area contributed by atoms with Gasteiger partial charge in [0.1, 0.15) is 10.6 Å². The molecule has 2 saturated heterocycles. The number of carbonyl (C=O) groups is 2. The van der Waals surface area contributed by atoms with Crippen molar-refractivity contribution in [2.45, 2.75) is 31.7 Å². The lowest BCUT2D eigenvalue weighted by molar-refractivity contribution is -0.137. The van der Waals surface area contributed by atoms with E-state index >= 15 is 0 Å². The Bertz CT molecular complexity index is 1120. The fraction of sp³-hybridized carbons (Fsp3) is 0.476. The summed E-state index contributed by atoms with van der Waals surface area (Å²) in [4.78, 5) is 28.9. The maximum absolute atomic E-state index is 13.0. The minimum Gasteiger partial charge on any atom is -0.360 e. The molecule has 2 aliphatic heterocycles. The zero-order valence-electron chi connectivity index (χ0n) is 18.0. The van der Waals surface area contributed by atoms with E-state index in [1.165, 1.54) is 4.31 Å². The van der Waals surface area contributed by atoms with Crippen LogP contribution in [0.3, 0.4) is 0 Å². The average Bonchev–Trinajstić information content (AvgIpc) is 3.31. The fourth-order valence-electron chi connectivity index (χ4n) is 4.30. The topological polar surface area (TPSA) is 104 Å². The first-order valence-corrected chi connectivity index (χ1v) is 12.2. The van der Waals surface area contributed by atoms with Crippen LogP contribution in [0.1, 0.15) is 23.4 Å². The lowest BCUT2D eigenvalue weighted by Crippen LogP contribution is -2.52. The highest BCUT2D eigenvalue weighted by molar-refractivity contribution is 7.89. The third-order valence-electron chi connectivity index (χ3n) is 6.00. The maximum Gasteiger partial charge on any atom is 0.248 e. The van der Waals surface area contributed by atoms with Crippen molar-refractivity contribution in [3.05, 3.63) is 46.3 Å². The summed E-state index contributed by atoms with van der Waals surface area (Å²) in [5, 5.41) is 4.32. The van der Waals surface area contributed by atoms with Crippen molar-refractivity contribution in [1.82, 2.24) is 19.3 Å². The molecule has 4 rings (SSSR count). The number of aryl methyl sites for hydroxylation is 2. The highest BCUT2D eigenvalue weighted by Crippen LogP contribution is 2.27. The van der Waals surface area contributed by atoms with Crippen LogP contribution in [-0.4, -0.2) is 72.2 Å². The van der Waals surface area contributed by atoms with E-state index in [0.29, 0.717) is 23.8 Å². The number of hydrogen-bond acceptors (Lipinski definition) is 6. The summed E-state index contributed by atoms with van der Waals surface area (Å²) in [6.07, 6.45) is 0.154. The number of benzene rings is 1. The van der Waals surface area contributed by atoms with Gasteiger partial charge in [-0.2, -0.15) is 4.31 Å². The van der Waals surface area contributed by atoms with Gasteiger partial charge in [0.05, 0.1) is 5.92 Å². The fourth-order valence-corrected chi connectivity index (χ4v) is 6.21. The average molecular weight is 481 g/mol. The van der Waals surface area contributed by atoms with E-state index in [1.807, 2.05) is 18.2 Å². The number of nitrogens with zero attached hydrogens (tertiary/aromatic N) is 4. The molecule has 0 radical (unpaired) electrons. The van der Waals surface area contributed by atoms with Crippen LogP contribution >= 0.6 is 11.6 Å². The zero-order valence-corrected chi connectivity index (χ0v) is 19.5. The Morgan fingerprint density at radius 1 is 1.19 bits per heavy atom. The Balaban J connectivity index is 1.37. The van der Waals surface area contributed by atoms with Crippen molar-refractivity contribution < 1.29 is 22.5 Å². The Morgan fingerprint density at radius 2 is 1.88 bits per heavy atom. The molecule has 9 nitrogen and oxygen atoms in total. The number of likely N-dealkylation sites (tertiary alicyclic amines) is 1. The minimum absolute atomic E-state index is 0.0807. The Morgan fingerprint density at radius 3 is 2.50 bits per heavy atom. The van der Waals surface area contributed by atoms with Gasteiger partial charge in [0.25, 0.3) is 0 Å². The number of sulfonamides is 1. The summed E-state index contributed by atoms with van der Waals surface area (Å²) >= 11 is 6.20. The van der Waals surface area contributed by atoms with Gasteiger partial charge in [-0.15, -0.1) is 0 Å². The van der Waals surface area contributed by atoms with Gasteiger partial charge in [0.2, 0.25) is 21.8 Å². The first kappa shape index (κ1) is 22.8. The normalized spacial score (nSPS) is 20.2. The highest BCUT2D eigenvalue weighted by atomic mass is 35.5. The first-order chi connectivity index (χ1) is 15.2. The number of amides is 2. The Hall–Kier alpha value is -2.43. The smallest absolute Gasteiger partial charge is 0.248 e. The predicted octanol–water partition coefficient (Wildman–Crippen LogP) is 1.83. The van der Waals surface area contributed by atoms with Crippen LogP contribution in [0.2, 0.25) is 5.02 Å². The predicted molar refractivity (Wildman–Crippen MR) is 116 cm³/mol. The number of aromatic nitrogens is 1. The second-order valence-electron chi connectivity index (χ2n) is 8.15. The van der Waals surface area contributed by atoms with Crippen molar-refractivity contribution in [2.24, 2.45) is 5.92 Å². The summed E-state index contributed by atoms with van der Waals surface area (Å²) in [7, 11) is -3.74. The van der Waals surface area contributed by atoms with E-state index in [-0.39, 0.29) is 55.1 Å². The molecule has 2 aliphatic rings. The third-order valence-corrected chi connectivity index (χ3v) is 8.51. The molecule has 32 heavy (non-hydrogen) atoms. The molecule has 1 aromatic carbocycles. The molecule has 1 atom stereocenters. The molecule has 3 heterocycles. The number of rotatable bonds is 5. The standard InChI is InChI=1S/C21H25ClN4O5S/c1-14-20(15(2)31-23-14)32(29,30)26-9-7-24(8-10-26)21(28)17-11-19(27)25(13-17)12-16-5-3-4-6-18(16)22/h3-6,17H,7-13H2,1-2H3/t17-/m1/s1. The van der Waals surface area contributed by atoms with Crippen LogP contribution in [0.15, 0.2) is 33.7 Å². The van der Waals surface area contributed by atoms with E-state index in [1.54, 1.807) is 29.7 Å². The molecule has 11 heteroatoms. The summed E-state index contributed by atoms with van der Waals surface area (Å²) in [5.74, 6) is -0.378. The van der Waals surface area contributed by atoms with E-state index in [0.717, 1.165) is 5.56 Å². The van der Waals surface area contributed by atoms with Gasteiger partial charge in [-0.3, -0.25) is 9.59 Å². The SMILES string of the molecule is Cc1noc(C)c1S(=O)(=O)N1CCN(C(=O)[C@@H]2CC(=O)N(Cc3ccccc3Cl)C2)CC1. The highest BCUT2D eigenvalue weighted by Gasteiger charge is 2.39. The molecule has 0 unspecified atom stereocenters. The monoisotopic (exact) mass is 480 g/mol. The summed E-state index contributed by atoms with van der Waals surface area (Å²) < 4.78 is 32.3. The molecule has 172 valence electrons. The molecule has 0 spiro atoms. The second kappa shape index (κ2) is 8.84. The third kappa shape index (κ3) is 4.26. The van der Waals surface area contributed by atoms with E-state index in [2.05, 4.69) is 5.16 Å². The number of carbonyl (C=O) groups excluding carboxylic acids is 2. The van der Waals surface area contributed by atoms with Crippen LogP contribution in [0.4, 0.5) is 0 Å². The van der Waals surface area contributed by atoms with Crippen molar-refractivity contribution in [3.63, 3.8) is 0 Å². The molecule has 0 saturated carbocycles. The lowest BCUT2D eigenvalue weighted by atomic mass is 10.1. The molecule has 2 aromatic rings. The van der Waals surface area contributed by atoms with Gasteiger partial charge in [0, 0.05) is 50.7 Å². The van der Waals surface area contributed by atoms with Gasteiger partial charge >= 0.3 is 0 Å². The van der Waals surface area contributed by atoms with Crippen molar-refractivity contribution in [2.75, 3.05) is 32.7 Å². The quantitative estimate of drug-likeness (QED) is 0.646. The molecule has 0 bridgehead atoms. The molecule has 2 fully saturated rings. The van der Waals surface area contributed by atoms with Crippen molar-refractivity contribution in [3.8, 4) is 0 Å². The van der Waals surface area contributed by atoms with Crippen LogP contribution in [0.5, 0.6) is 0 Å². The van der Waals surface area contributed by atoms with Crippen LogP contribution in [0.25, 0.3) is 0 Å². The van der Waals surface area contributed by atoms with Crippen molar-refractivity contribution >= 4 is 33.4 Å². The van der Waals surface area contributed by atoms with Gasteiger partial charge in [-0.05, 0) is 25.5 Å². The van der Waals surface area contributed by atoms with Gasteiger partial charge < -0.3 is 14.3 Å². The van der Waals surface area contributed by atoms with Gasteiger partial charge in [-0.1, -0.05) is 35.0 Å². The zero-order chi connectivity index (χ0) is 23.0. The van der Waals surface area contributed by atoms with Gasteiger partial charge in [0.15, 0.2) is 5.76 Å². The number of piperazine rings is 1. The first-order valence-electron chi connectivity index (χ1n) is 10.4. The van der Waals surface area contributed by atoms with E-state index in [4.69, 9.17) is 16.1 Å². The second-order valence-corrected chi connectivity index (χ2v) is 10.4. The number of halogens is 1. The maximum atomic E-state index is 13.0. The Labute approximate surface area is 191 Å².